The molecule has 1 aliphatic carbocycles. The maximum absolute atomic E-state index is 9.45. The lowest BCUT2D eigenvalue weighted by atomic mass is 9.99. The normalized spacial score (nSPS) is 12.4. The van der Waals surface area contributed by atoms with Gasteiger partial charge >= 0.3 is 0 Å². The van der Waals surface area contributed by atoms with Crippen molar-refractivity contribution in [2.24, 2.45) is 0 Å². The Bertz CT molecular complexity index is 1880. The molecule has 5 aromatic rings. The van der Waals surface area contributed by atoms with Crippen molar-refractivity contribution in [3.05, 3.63) is 146 Å². The molecule has 0 bridgehead atoms. The molecule has 0 spiro atoms. The highest BCUT2D eigenvalue weighted by Gasteiger charge is 2.18. The van der Waals surface area contributed by atoms with Crippen molar-refractivity contribution in [2.45, 2.75) is 87.7 Å². The summed E-state index contributed by atoms with van der Waals surface area (Å²) in [6, 6.07) is 32.1. The fraction of sp³-hybridized carbons (Fsp3) is 0.319. The first-order chi connectivity index (χ1) is 24.7. The zero-order valence-corrected chi connectivity index (χ0v) is 33.5. The summed E-state index contributed by atoms with van der Waals surface area (Å²) in [5, 5.41) is 11.7. The first kappa shape index (κ1) is 41.0. The second-order valence-corrected chi connectivity index (χ2v) is 13.3. The van der Waals surface area contributed by atoms with Crippen LogP contribution in [-0.4, -0.2) is 19.3 Å². The predicted octanol–water partition coefficient (Wildman–Crippen LogP) is 13.7. The number of benzene rings is 4. The zero-order chi connectivity index (χ0) is 37.5. The molecule has 0 radical (unpaired) electrons. The van der Waals surface area contributed by atoms with Crippen molar-refractivity contribution in [3.8, 4) is 33.8 Å². The summed E-state index contributed by atoms with van der Waals surface area (Å²) in [6.45, 7) is 18.4. The lowest BCUT2D eigenvalue weighted by molar-refractivity contribution is 0.199. The van der Waals surface area contributed by atoms with Crippen LogP contribution in [-0.2, 0) is 12.8 Å². The summed E-state index contributed by atoms with van der Waals surface area (Å²) in [6.07, 6.45) is 4.96. The van der Waals surface area contributed by atoms with E-state index in [1.165, 1.54) is 60.5 Å². The maximum atomic E-state index is 9.45. The van der Waals surface area contributed by atoms with Gasteiger partial charge in [-0.15, -0.1) is 11.3 Å². The molecule has 1 heterocycles. The van der Waals surface area contributed by atoms with Gasteiger partial charge < -0.3 is 14.6 Å². The summed E-state index contributed by atoms with van der Waals surface area (Å²) >= 11 is 1.85. The van der Waals surface area contributed by atoms with Crippen LogP contribution in [0, 0.1) is 13.8 Å². The molecule has 1 atom stereocenters. The van der Waals surface area contributed by atoms with Crippen molar-refractivity contribution in [3.63, 3.8) is 0 Å². The Morgan fingerprint density at radius 2 is 1.39 bits per heavy atom. The molecular weight excluding hydrogens is 645 g/mol. The van der Waals surface area contributed by atoms with Gasteiger partial charge in [-0.05, 0) is 120 Å². The van der Waals surface area contributed by atoms with Crippen LogP contribution in [0.3, 0.4) is 0 Å². The number of thiophene rings is 1. The molecule has 51 heavy (non-hydrogen) atoms. The summed E-state index contributed by atoms with van der Waals surface area (Å²) in [5.41, 5.74) is 15.3. The number of rotatable bonds is 9. The van der Waals surface area contributed by atoms with Crippen molar-refractivity contribution >= 4 is 16.9 Å². The van der Waals surface area contributed by atoms with Gasteiger partial charge in [-0.1, -0.05) is 131 Å². The summed E-state index contributed by atoms with van der Waals surface area (Å²) in [4.78, 5) is 1.37. The number of ether oxygens (including phenoxy) is 2. The van der Waals surface area contributed by atoms with Gasteiger partial charge in [0.1, 0.15) is 0 Å². The molecule has 1 N–H and O–H groups in total. The van der Waals surface area contributed by atoms with Gasteiger partial charge in [0.25, 0.3) is 0 Å². The average molecular weight is 705 g/mol. The molecule has 6 rings (SSSR count). The number of hydrogen-bond acceptors (Lipinski definition) is 4. The zero-order valence-electron chi connectivity index (χ0n) is 32.7. The standard InChI is InChI=1S/C27H28O2S.C16H18O.2C2H6.H2/c1-17-7-6-8-22(9-17)23-15-26(30-16-23)24-13-20(10-18(24)2)12-21-11-19(3)27(29-5)25(14-21)28-4;1-3-13-4-6-15(7-5-13)16-10-8-14(9-11-16)12(2)17;2*1-2;/h6-11,14-16H,12-13H2,1-5H3;4-12,17H,3H2,1-2H3;2*1-2H3;1H. The fourth-order valence-electron chi connectivity index (χ4n) is 6.15. The first-order valence-corrected chi connectivity index (χ1v) is 19.2. The van der Waals surface area contributed by atoms with E-state index in [4.69, 9.17) is 9.47 Å². The number of aliphatic hydroxyl groups excluding tert-OH is 1. The van der Waals surface area contributed by atoms with E-state index < -0.39 is 6.10 Å². The van der Waals surface area contributed by atoms with Crippen LogP contribution in [0.2, 0.25) is 0 Å². The van der Waals surface area contributed by atoms with Gasteiger partial charge in [0.2, 0.25) is 0 Å². The molecule has 4 aromatic carbocycles. The first-order valence-electron chi connectivity index (χ1n) is 18.3. The molecule has 1 unspecified atom stereocenters. The highest BCUT2D eigenvalue weighted by atomic mass is 32.1. The van der Waals surface area contributed by atoms with Gasteiger partial charge in [-0.25, -0.2) is 0 Å². The molecule has 1 aromatic heterocycles. The number of aryl methyl sites for hydroxylation is 3. The summed E-state index contributed by atoms with van der Waals surface area (Å²) < 4.78 is 11.0. The third-order valence-electron chi connectivity index (χ3n) is 8.79. The van der Waals surface area contributed by atoms with Gasteiger partial charge in [0.15, 0.2) is 11.5 Å². The monoisotopic (exact) mass is 704 g/mol. The minimum atomic E-state index is -0.397. The van der Waals surface area contributed by atoms with E-state index in [1.807, 2.05) is 51.2 Å². The molecule has 3 nitrogen and oxygen atoms in total. The SMILES string of the molecule is CC.CC.CCc1ccc(-c2ccc(C(C)O)cc2)cc1.COc1cc(CC2=CC(C)=C(c3cc(-c4cccc(C)c4)cs3)C2)cc(C)c1OC.[HH]. The summed E-state index contributed by atoms with van der Waals surface area (Å²) in [5.74, 6) is 1.62. The van der Waals surface area contributed by atoms with Gasteiger partial charge in [0.05, 0.1) is 20.3 Å². The molecule has 0 amide bonds. The summed E-state index contributed by atoms with van der Waals surface area (Å²) in [7, 11) is 3.39. The molecule has 1 aliphatic rings. The van der Waals surface area contributed by atoms with E-state index in [0.717, 1.165) is 41.9 Å². The van der Waals surface area contributed by atoms with E-state index in [9.17, 15) is 5.11 Å². The minimum absolute atomic E-state index is 0. The highest BCUT2D eigenvalue weighted by molar-refractivity contribution is 7.11. The maximum Gasteiger partial charge on any atom is 0.163 e. The Kier molecular flexibility index (Phi) is 16.5. The van der Waals surface area contributed by atoms with E-state index in [1.54, 1.807) is 21.1 Å². The van der Waals surface area contributed by atoms with Crippen LogP contribution in [0.5, 0.6) is 11.5 Å². The van der Waals surface area contributed by atoms with Crippen LogP contribution >= 0.6 is 11.3 Å². The van der Waals surface area contributed by atoms with Crippen LogP contribution in [0.4, 0.5) is 0 Å². The molecule has 0 fully saturated rings. The number of methoxy groups -OCH3 is 2. The van der Waals surface area contributed by atoms with E-state index in [0.29, 0.717) is 0 Å². The largest absolute Gasteiger partial charge is 0.493 e. The van der Waals surface area contributed by atoms with Crippen molar-refractivity contribution in [1.82, 2.24) is 0 Å². The van der Waals surface area contributed by atoms with Gasteiger partial charge in [0, 0.05) is 6.30 Å². The minimum Gasteiger partial charge on any atom is -0.493 e. The lowest BCUT2D eigenvalue weighted by Crippen LogP contribution is -1.97. The van der Waals surface area contributed by atoms with Gasteiger partial charge in [-0.2, -0.15) is 0 Å². The van der Waals surface area contributed by atoms with E-state index in [-0.39, 0.29) is 1.43 Å². The van der Waals surface area contributed by atoms with E-state index >= 15 is 0 Å². The van der Waals surface area contributed by atoms with Crippen molar-refractivity contribution in [1.29, 1.82) is 0 Å². The van der Waals surface area contributed by atoms with Crippen LogP contribution in [0.25, 0.3) is 27.8 Å². The number of allylic oxidation sites excluding steroid dienone is 4. The molecule has 0 saturated heterocycles. The fourth-order valence-corrected chi connectivity index (χ4v) is 7.18. The smallest absolute Gasteiger partial charge is 0.163 e. The Morgan fingerprint density at radius 3 is 1.96 bits per heavy atom. The number of hydrogen-bond donors (Lipinski definition) is 1. The van der Waals surface area contributed by atoms with Crippen LogP contribution in [0.1, 0.15) is 95.1 Å². The number of aliphatic hydroxyl groups is 1. The van der Waals surface area contributed by atoms with Crippen LogP contribution < -0.4 is 9.47 Å². The Balaban J connectivity index is 0.000000363. The van der Waals surface area contributed by atoms with E-state index in [2.05, 4.69) is 118 Å². The molecule has 0 saturated carbocycles. The van der Waals surface area contributed by atoms with Gasteiger partial charge in [-0.3, -0.25) is 0 Å². The molecule has 272 valence electrons. The predicted molar refractivity (Wildman–Crippen MR) is 224 cm³/mol. The molecule has 4 heteroatoms. The third kappa shape index (κ3) is 11.1. The van der Waals surface area contributed by atoms with Crippen molar-refractivity contribution < 1.29 is 16.0 Å². The second-order valence-electron chi connectivity index (χ2n) is 12.4. The third-order valence-corrected chi connectivity index (χ3v) is 9.78. The Hall–Kier alpha value is -4.38. The second kappa shape index (κ2) is 20.5. The molecule has 0 aliphatic heterocycles. The highest BCUT2D eigenvalue weighted by Crippen LogP contribution is 2.40. The quantitative estimate of drug-likeness (QED) is 0.166. The van der Waals surface area contributed by atoms with Crippen molar-refractivity contribution in [2.75, 3.05) is 14.2 Å². The lowest BCUT2D eigenvalue weighted by Gasteiger charge is -2.13. The topological polar surface area (TPSA) is 38.7 Å². The molecular formula is C47H60O3S. The Labute approximate surface area is 313 Å². The Morgan fingerprint density at radius 1 is 0.745 bits per heavy atom. The average Bonchev–Trinajstić information content (AvgIpc) is 3.80. The van der Waals surface area contributed by atoms with Crippen LogP contribution in [0.15, 0.2) is 114 Å².